The summed E-state index contributed by atoms with van der Waals surface area (Å²) in [4.78, 5) is 2.74. The lowest BCUT2D eigenvalue weighted by atomic mass is 9.74. The first kappa shape index (κ1) is 10.4. The third-order valence-electron chi connectivity index (χ3n) is 3.82. The van der Waals surface area contributed by atoms with E-state index in [1.54, 1.807) is 0 Å². The van der Waals surface area contributed by atoms with Crippen molar-refractivity contribution < 1.29 is 0 Å². The average Bonchev–Trinajstić information content (AvgIpc) is 2.82. The van der Waals surface area contributed by atoms with Crippen LogP contribution in [0.1, 0.15) is 46.0 Å². The van der Waals surface area contributed by atoms with Gasteiger partial charge in [0.2, 0.25) is 0 Å². The second-order valence-corrected chi connectivity index (χ2v) is 5.56. The summed E-state index contributed by atoms with van der Waals surface area (Å²) in [6, 6.07) is 0.876. The predicted molar refractivity (Wildman–Crippen MR) is 60.2 cm³/mol. The molecule has 14 heavy (non-hydrogen) atoms. The van der Waals surface area contributed by atoms with Gasteiger partial charge in [0.05, 0.1) is 0 Å². The number of rotatable bonds is 5. The Bertz CT molecular complexity index is 187. The summed E-state index contributed by atoms with van der Waals surface area (Å²) in [6.07, 6.45) is 6.89. The van der Waals surface area contributed by atoms with Gasteiger partial charge in [0.15, 0.2) is 0 Å². The van der Waals surface area contributed by atoms with E-state index in [1.165, 1.54) is 38.6 Å². The van der Waals surface area contributed by atoms with E-state index in [1.807, 2.05) is 0 Å². The lowest BCUT2D eigenvalue weighted by Gasteiger charge is -2.51. The zero-order chi connectivity index (χ0) is 10.2. The molecule has 0 aromatic heterocycles. The van der Waals surface area contributed by atoms with E-state index in [2.05, 4.69) is 18.7 Å². The van der Waals surface area contributed by atoms with Crippen LogP contribution in [0.2, 0.25) is 0 Å². The van der Waals surface area contributed by atoms with Gasteiger partial charge in [-0.2, -0.15) is 0 Å². The van der Waals surface area contributed by atoms with Crippen molar-refractivity contribution in [1.82, 2.24) is 4.90 Å². The molecule has 0 bridgehead atoms. The molecule has 0 saturated heterocycles. The molecule has 0 aliphatic heterocycles. The largest absolute Gasteiger partial charge is 0.329 e. The first-order valence-corrected chi connectivity index (χ1v) is 6.15. The molecule has 0 atom stereocenters. The van der Waals surface area contributed by atoms with Crippen LogP contribution in [-0.4, -0.2) is 29.6 Å². The van der Waals surface area contributed by atoms with Crippen LogP contribution in [0.25, 0.3) is 0 Å². The summed E-state index contributed by atoms with van der Waals surface area (Å²) in [6.45, 7) is 6.76. The van der Waals surface area contributed by atoms with Crippen molar-refractivity contribution in [2.45, 2.75) is 57.5 Å². The molecule has 0 spiro atoms. The van der Waals surface area contributed by atoms with Crippen molar-refractivity contribution in [1.29, 1.82) is 0 Å². The average molecular weight is 196 g/mol. The van der Waals surface area contributed by atoms with Crippen molar-refractivity contribution in [3.63, 3.8) is 0 Å². The predicted octanol–water partition coefficient (Wildman–Crippen LogP) is 1.99. The normalized spacial score (nSPS) is 25.5. The van der Waals surface area contributed by atoms with E-state index in [-0.39, 0.29) is 0 Å². The molecule has 2 heteroatoms. The van der Waals surface area contributed by atoms with Gasteiger partial charge in [-0.25, -0.2) is 0 Å². The molecule has 2 N–H and O–H groups in total. The van der Waals surface area contributed by atoms with Gasteiger partial charge in [-0.05, 0) is 38.0 Å². The fraction of sp³-hybridized carbons (Fsp3) is 1.00. The molecule has 2 nitrogen and oxygen atoms in total. The fourth-order valence-electron chi connectivity index (χ4n) is 2.70. The summed E-state index contributed by atoms with van der Waals surface area (Å²) in [5.41, 5.74) is 6.38. The van der Waals surface area contributed by atoms with E-state index >= 15 is 0 Å². The number of nitrogens with zero attached hydrogens (tertiary/aromatic N) is 1. The van der Waals surface area contributed by atoms with Gasteiger partial charge < -0.3 is 5.73 Å². The molecule has 0 amide bonds. The Morgan fingerprint density at radius 3 is 2.29 bits per heavy atom. The molecule has 2 rings (SSSR count). The van der Waals surface area contributed by atoms with E-state index in [0.29, 0.717) is 5.54 Å². The van der Waals surface area contributed by atoms with E-state index < -0.39 is 0 Å². The number of hydrogen-bond donors (Lipinski definition) is 1. The lowest BCUT2D eigenvalue weighted by Crippen LogP contribution is -2.60. The molecular weight excluding hydrogens is 172 g/mol. The molecule has 82 valence electrons. The molecule has 2 aliphatic carbocycles. The molecule has 2 fully saturated rings. The molecule has 0 aromatic carbocycles. The second-order valence-electron chi connectivity index (χ2n) is 5.56. The summed E-state index contributed by atoms with van der Waals surface area (Å²) < 4.78 is 0. The van der Waals surface area contributed by atoms with Gasteiger partial charge in [-0.3, -0.25) is 4.90 Å². The molecule has 0 unspecified atom stereocenters. The summed E-state index contributed by atoms with van der Waals surface area (Å²) in [7, 11) is 0. The molecule has 2 saturated carbocycles. The molecule has 0 heterocycles. The van der Waals surface area contributed by atoms with Crippen molar-refractivity contribution in [3.8, 4) is 0 Å². The quantitative estimate of drug-likeness (QED) is 0.728. The lowest BCUT2D eigenvalue weighted by molar-refractivity contribution is 0.00742. The second kappa shape index (κ2) is 3.82. The monoisotopic (exact) mass is 196 g/mol. The minimum atomic E-state index is 0.408. The van der Waals surface area contributed by atoms with Crippen LogP contribution in [0.15, 0.2) is 0 Å². The van der Waals surface area contributed by atoms with Crippen LogP contribution >= 0.6 is 0 Å². The highest BCUT2D eigenvalue weighted by atomic mass is 15.3. The standard InChI is InChI=1S/C12H24N2/c1-10(2)8-14(11-4-5-11)12(9-13)6-3-7-12/h10-11H,3-9,13H2,1-2H3. The van der Waals surface area contributed by atoms with Crippen molar-refractivity contribution in [2.24, 2.45) is 11.7 Å². The third-order valence-corrected chi connectivity index (χ3v) is 3.82. The summed E-state index contributed by atoms with van der Waals surface area (Å²) in [5.74, 6) is 0.777. The van der Waals surface area contributed by atoms with Gasteiger partial charge >= 0.3 is 0 Å². The highest BCUT2D eigenvalue weighted by Gasteiger charge is 2.46. The van der Waals surface area contributed by atoms with E-state index in [9.17, 15) is 0 Å². The summed E-state index contributed by atoms with van der Waals surface area (Å²) >= 11 is 0. The van der Waals surface area contributed by atoms with E-state index in [4.69, 9.17) is 5.73 Å². The van der Waals surface area contributed by atoms with Crippen LogP contribution in [0.5, 0.6) is 0 Å². The van der Waals surface area contributed by atoms with Crippen molar-refractivity contribution in [2.75, 3.05) is 13.1 Å². The molecule has 2 aliphatic rings. The molecule has 0 radical (unpaired) electrons. The van der Waals surface area contributed by atoms with E-state index in [0.717, 1.165) is 18.5 Å². The maximum atomic E-state index is 5.97. The van der Waals surface area contributed by atoms with Gasteiger partial charge in [0.1, 0.15) is 0 Å². The Morgan fingerprint density at radius 2 is 2.00 bits per heavy atom. The first-order valence-electron chi connectivity index (χ1n) is 6.15. The Kier molecular flexibility index (Phi) is 2.85. The smallest absolute Gasteiger partial charge is 0.0334 e. The van der Waals surface area contributed by atoms with Crippen LogP contribution in [0.4, 0.5) is 0 Å². The van der Waals surface area contributed by atoms with Crippen LogP contribution in [-0.2, 0) is 0 Å². The number of nitrogens with two attached hydrogens (primary N) is 1. The molecular formula is C12H24N2. The van der Waals surface area contributed by atoms with Crippen molar-refractivity contribution >= 4 is 0 Å². The van der Waals surface area contributed by atoms with Crippen LogP contribution in [0.3, 0.4) is 0 Å². The Labute approximate surface area is 87.8 Å². The fourth-order valence-corrected chi connectivity index (χ4v) is 2.70. The maximum absolute atomic E-state index is 5.97. The SMILES string of the molecule is CC(C)CN(C1CC1)C1(CN)CCC1. The van der Waals surface area contributed by atoms with Gasteiger partial charge in [-0.1, -0.05) is 13.8 Å². The van der Waals surface area contributed by atoms with Crippen LogP contribution < -0.4 is 5.73 Å². The Morgan fingerprint density at radius 1 is 1.36 bits per heavy atom. The Balaban J connectivity index is 2.00. The van der Waals surface area contributed by atoms with Crippen LogP contribution in [0, 0.1) is 5.92 Å². The Hall–Kier alpha value is -0.0800. The first-order chi connectivity index (χ1) is 6.68. The van der Waals surface area contributed by atoms with Gasteiger partial charge in [-0.15, -0.1) is 0 Å². The van der Waals surface area contributed by atoms with Gasteiger partial charge in [0, 0.05) is 24.7 Å². The zero-order valence-corrected chi connectivity index (χ0v) is 9.63. The maximum Gasteiger partial charge on any atom is 0.0334 e. The minimum Gasteiger partial charge on any atom is -0.329 e. The summed E-state index contributed by atoms with van der Waals surface area (Å²) in [5, 5.41) is 0. The highest BCUT2D eigenvalue weighted by molar-refractivity contribution is 5.04. The highest BCUT2D eigenvalue weighted by Crippen LogP contribution is 2.43. The minimum absolute atomic E-state index is 0.408. The van der Waals surface area contributed by atoms with Crippen molar-refractivity contribution in [3.05, 3.63) is 0 Å². The zero-order valence-electron chi connectivity index (χ0n) is 9.63. The molecule has 0 aromatic rings. The third kappa shape index (κ3) is 1.82. The number of hydrogen-bond acceptors (Lipinski definition) is 2. The van der Waals surface area contributed by atoms with Gasteiger partial charge in [0.25, 0.3) is 0 Å². The topological polar surface area (TPSA) is 29.3 Å².